The Morgan fingerprint density at radius 2 is 1.50 bits per heavy atom. The fourth-order valence-corrected chi connectivity index (χ4v) is 3.46. The van der Waals surface area contributed by atoms with Gasteiger partial charge in [-0.25, -0.2) is 0 Å². The molecule has 0 amide bonds. The normalized spacial score (nSPS) is 41.2. The van der Waals surface area contributed by atoms with Gasteiger partial charge in [-0.15, -0.1) is 0 Å². The number of carbonyl (C=O) groups is 1. The largest absolute Gasteiger partial charge is 0.481 e. The molecular weight excluding hydrogens is 176 g/mol. The first-order valence-electron chi connectivity index (χ1n) is 5.82. The molecule has 14 heavy (non-hydrogen) atoms. The summed E-state index contributed by atoms with van der Waals surface area (Å²) in [6, 6.07) is 0. The minimum Gasteiger partial charge on any atom is -0.481 e. The second-order valence-corrected chi connectivity index (χ2v) is 5.42. The van der Waals surface area contributed by atoms with Crippen molar-refractivity contribution in [3.63, 3.8) is 0 Å². The predicted molar refractivity (Wildman–Crippen MR) is 55.1 cm³/mol. The molecule has 1 N–H and O–H groups in total. The van der Waals surface area contributed by atoms with Crippen LogP contribution in [-0.4, -0.2) is 11.1 Å². The molecule has 3 aliphatic rings. The summed E-state index contributed by atoms with van der Waals surface area (Å²) in [5.74, 6) is -0.601. The minimum atomic E-state index is -0.601. The highest BCUT2D eigenvalue weighted by Gasteiger charge is 2.48. The van der Waals surface area contributed by atoms with Crippen LogP contribution in [0.25, 0.3) is 0 Å². The molecule has 0 saturated heterocycles. The molecule has 3 aliphatic carbocycles. The van der Waals surface area contributed by atoms with Crippen LogP contribution in [0, 0.1) is 10.8 Å². The van der Waals surface area contributed by atoms with Crippen molar-refractivity contribution < 1.29 is 9.90 Å². The zero-order valence-electron chi connectivity index (χ0n) is 9.01. The van der Waals surface area contributed by atoms with Gasteiger partial charge in [-0.1, -0.05) is 13.3 Å². The molecule has 0 radical (unpaired) electrons. The van der Waals surface area contributed by atoms with E-state index in [0.717, 1.165) is 19.3 Å². The molecule has 0 spiro atoms. The van der Waals surface area contributed by atoms with Crippen LogP contribution in [-0.2, 0) is 4.79 Å². The number of rotatable bonds is 3. The smallest absolute Gasteiger partial charge is 0.303 e. The Labute approximate surface area is 85.7 Å². The predicted octanol–water partition coefficient (Wildman–Crippen LogP) is 3.21. The van der Waals surface area contributed by atoms with Crippen LogP contribution in [0.4, 0.5) is 0 Å². The molecule has 2 nitrogen and oxygen atoms in total. The standard InChI is InChI=1S/C12H20O2/c1-2-11-3-6-12(7-4-11,8-5-11)9-10(13)14/h2-9H2,1H3,(H,13,14). The van der Waals surface area contributed by atoms with Crippen molar-refractivity contribution in [1.82, 2.24) is 0 Å². The third-order valence-electron chi connectivity index (χ3n) is 4.83. The summed E-state index contributed by atoms with van der Waals surface area (Å²) in [4.78, 5) is 10.8. The number of carboxylic acid groups (broad SMARTS) is 1. The van der Waals surface area contributed by atoms with Crippen LogP contribution in [0.3, 0.4) is 0 Å². The maximum Gasteiger partial charge on any atom is 0.303 e. The van der Waals surface area contributed by atoms with Crippen molar-refractivity contribution >= 4 is 5.97 Å². The second kappa shape index (κ2) is 3.25. The van der Waals surface area contributed by atoms with Crippen molar-refractivity contribution in [1.29, 1.82) is 0 Å². The van der Waals surface area contributed by atoms with Gasteiger partial charge in [-0.05, 0) is 49.4 Å². The highest BCUT2D eigenvalue weighted by molar-refractivity contribution is 5.67. The van der Waals surface area contributed by atoms with E-state index in [4.69, 9.17) is 5.11 Å². The molecule has 0 aromatic heterocycles. The van der Waals surface area contributed by atoms with Crippen LogP contribution in [0.15, 0.2) is 0 Å². The van der Waals surface area contributed by atoms with Gasteiger partial charge >= 0.3 is 5.97 Å². The molecule has 0 heterocycles. The molecule has 0 aromatic rings. The van der Waals surface area contributed by atoms with Gasteiger partial charge in [0.05, 0.1) is 6.42 Å². The molecule has 2 heteroatoms. The summed E-state index contributed by atoms with van der Waals surface area (Å²) in [6.45, 7) is 2.29. The van der Waals surface area contributed by atoms with Crippen LogP contribution in [0.1, 0.15) is 58.3 Å². The third-order valence-corrected chi connectivity index (χ3v) is 4.83. The first kappa shape index (κ1) is 10.0. The van der Waals surface area contributed by atoms with Gasteiger partial charge in [0.1, 0.15) is 0 Å². The summed E-state index contributed by atoms with van der Waals surface area (Å²) in [7, 11) is 0. The van der Waals surface area contributed by atoms with Gasteiger partial charge in [0.2, 0.25) is 0 Å². The topological polar surface area (TPSA) is 37.3 Å². The zero-order valence-corrected chi connectivity index (χ0v) is 9.01. The molecule has 2 bridgehead atoms. The van der Waals surface area contributed by atoms with E-state index in [1.54, 1.807) is 0 Å². The fourth-order valence-electron chi connectivity index (χ4n) is 3.46. The SMILES string of the molecule is CCC12CCC(CC(=O)O)(CC1)CC2. The number of hydrogen-bond acceptors (Lipinski definition) is 1. The Bertz CT molecular complexity index is 220. The summed E-state index contributed by atoms with van der Waals surface area (Å²) < 4.78 is 0. The number of aliphatic carboxylic acids is 1. The lowest BCUT2D eigenvalue weighted by molar-refractivity contribution is -0.143. The quantitative estimate of drug-likeness (QED) is 0.752. The average molecular weight is 196 g/mol. The van der Waals surface area contributed by atoms with Crippen molar-refractivity contribution in [3.8, 4) is 0 Å². The Kier molecular flexibility index (Phi) is 2.32. The highest BCUT2D eigenvalue weighted by Crippen LogP contribution is 2.59. The molecule has 0 aromatic carbocycles. The van der Waals surface area contributed by atoms with Crippen molar-refractivity contribution in [3.05, 3.63) is 0 Å². The lowest BCUT2D eigenvalue weighted by atomic mass is 9.52. The lowest BCUT2D eigenvalue weighted by Gasteiger charge is -2.53. The highest BCUT2D eigenvalue weighted by atomic mass is 16.4. The Balaban J connectivity index is 2.05. The monoisotopic (exact) mass is 196 g/mol. The molecule has 0 unspecified atom stereocenters. The number of fused-ring (bicyclic) bond motifs is 3. The van der Waals surface area contributed by atoms with Crippen molar-refractivity contribution in [2.45, 2.75) is 58.3 Å². The molecule has 0 aliphatic heterocycles. The van der Waals surface area contributed by atoms with Gasteiger partial charge in [0.25, 0.3) is 0 Å². The van der Waals surface area contributed by atoms with Crippen molar-refractivity contribution in [2.24, 2.45) is 10.8 Å². The van der Waals surface area contributed by atoms with E-state index in [0.29, 0.717) is 11.8 Å². The summed E-state index contributed by atoms with van der Waals surface area (Å²) in [5, 5.41) is 8.90. The van der Waals surface area contributed by atoms with E-state index in [2.05, 4.69) is 6.92 Å². The van der Waals surface area contributed by atoms with Gasteiger partial charge in [-0.2, -0.15) is 0 Å². The molecule has 80 valence electrons. The summed E-state index contributed by atoms with van der Waals surface area (Å²) in [6.07, 6.45) is 9.00. The van der Waals surface area contributed by atoms with E-state index in [9.17, 15) is 4.79 Å². The third kappa shape index (κ3) is 1.55. The van der Waals surface area contributed by atoms with Crippen LogP contribution in [0.2, 0.25) is 0 Å². The second-order valence-electron chi connectivity index (χ2n) is 5.42. The molecule has 0 atom stereocenters. The first-order chi connectivity index (χ1) is 6.60. The van der Waals surface area contributed by atoms with Crippen LogP contribution < -0.4 is 0 Å². The Hall–Kier alpha value is -0.530. The Morgan fingerprint density at radius 1 is 1.07 bits per heavy atom. The van der Waals surface area contributed by atoms with Crippen LogP contribution >= 0.6 is 0 Å². The molecular formula is C12H20O2. The first-order valence-corrected chi connectivity index (χ1v) is 5.82. The lowest BCUT2D eigenvalue weighted by Crippen LogP contribution is -2.42. The van der Waals surface area contributed by atoms with Crippen LogP contribution in [0.5, 0.6) is 0 Å². The maximum absolute atomic E-state index is 10.8. The number of carboxylic acids is 1. The van der Waals surface area contributed by atoms with E-state index < -0.39 is 5.97 Å². The molecule has 3 fully saturated rings. The van der Waals surface area contributed by atoms with Gasteiger partial charge in [0.15, 0.2) is 0 Å². The van der Waals surface area contributed by atoms with E-state index >= 15 is 0 Å². The number of hydrogen-bond donors (Lipinski definition) is 1. The van der Waals surface area contributed by atoms with E-state index in [-0.39, 0.29) is 5.41 Å². The summed E-state index contributed by atoms with van der Waals surface area (Å²) >= 11 is 0. The van der Waals surface area contributed by atoms with Gasteiger partial charge in [0, 0.05) is 0 Å². The van der Waals surface area contributed by atoms with Crippen molar-refractivity contribution in [2.75, 3.05) is 0 Å². The average Bonchev–Trinajstić information content (AvgIpc) is 2.19. The molecule has 3 rings (SSSR count). The van der Waals surface area contributed by atoms with E-state index in [1.807, 2.05) is 0 Å². The zero-order chi connectivity index (χ0) is 10.2. The van der Waals surface area contributed by atoms with Gasteiger partial charge < -0.3 is 5.11 Å². The van der Waals surface area contributed by atoms with E-state index in [1.165, 1.54) is 25.7 Å². The molecule has 3 saturated carbocycles. The Morgan fingerprint density at radius 3 is 1.86 bits per heavy atom. The summed E-state index contributed by atoms with van der Waals surface area (Å²) in [5.41, 5.74) is 0.781. The maximum atomic E-state index is 10.8. The van der Waals surface area contributed by atoms with Gasteiger partial charge in [-0.3, -0.25) is 4.79 Å². The fraction of sp³-hybridized carbons (Fsp3) is 0.917. The minimum absolute atomic E-state index is 0.183.